The Morgan fingerprint density at radius 1 is 1.29 bits per heavy atom. The van der Waals surface area contributed by atoms with Gasteiger partial charge in [-0.25, -0.2) is 17.5 Å². The van der Waals surface area contributed by atoms with Crippen molar-refractivity contribution in [1.29, 1.82) is 0 Å². The summed E-state index contributed by atoms with van der Waals surface area (Å²) in [5.74, 6) is -0.535. The number of carbonyl (C=O) groups excluding carboxylic acids is 2. The fraction of sp³-hybridized carbons (Fsp3) is 0.633. The molecule has 10 nitrogen and oxygen atoms in total. The van der Waals surface area contributed by atoms with Gasteiger partial charge in [0, 0.05) is 23.2 Å². The van der Waals surface area contributed by atoms with E-state index in [1.54, 1.807) is 18.2 Å². The normalized spacial score (nSPS) is 37.8. The zero-order valence-corrected chi connectivity index (χ0v) is 25.8. The second-order valence-corrected chi connectivity index (χ2v) is 15.1. The van der Waals surface area contributed by atoms with Gasteiger partial charge in [-0.2, -0.15) is 5.10 Å². The van der Waals surface area contributed by atoms with E-state index >= 15 is 0 Å². The van der Waals surface area contributed by atoms with Gasteiger partial charge in [-0.05, 0) is 66.1 Å². The molecule has 1 aromatic rings. The van der Waals surface area contributed by atoms with Crippen LogP contribution in [-0.4, -0.2) is 73.0 Å². The molecule has 12 heteroatoms. The van der Waals surface area contributed by atoms with Crippen molar-refractivity contribution in [3.05, 3.63) is 36.4 Å². The second kappa shape index (κ2) is 10.5. The van der Waals surface area contributed by atoms with E-state index in [1.807, 2.05) is 6.92 Å². The number of aliphatic hydroxyl groups is 1. The van der Waals surface area contributed by atoms with Gasteiger partial charge in [0.1, 0.15) is 17.6 Å². The Labute approximate surface area is 248 Å². The van der Waals surface area contributed by atoms with Crippen molar-refractivity contribution in [3.8, 4) is 5.75 Å². The first-order valence-corrected chi connectivity index (χ1v) is 16.5. The molecule has 0 radical (unpaired) electrons. The molecule has 0 amide bonds. The minimum Gasteiger partial charge on any atom is -0.482 e. The lowest BCUT2D eigenvalue weighted by Crippen LogP contribution is -2.63. The average molecular weight is 601 g/mol. The number of hydrogen-bond acceptors (Lipinski definition) is 9. The summed E-state index contributed by atoms with van der Waals surface area (Å²) in [5, 5.41) is 26.1. The zero-order valence-electron chi connectivity index (χ0n) is 24.9. The quantitative estimate of drug-likeness (QED) is 0.288. The van der Waals surface area contributed by atoms with Gasteiger partial charge >= 0.3 is 13.0 Å². The molecule has 5 rings (SSSR count). The monoisotopic (exact) mass is 600 g/mol. The van der Waals surface area contributed by atoms with Crippen molar-refractivity contribution in [2.24, 2.45) is 39.1 Å². The Morgan fingerprint density at radius 3 is 2.67 bits per heavy atom. The molecule has 3 fully saturated rings. The Bertz CT molecular complexity index is 1430. The first kappa shape index (κ1) is 30.8. The molecule has 0 unspecified atom stereocenters. The number of carbonyl (C=O) groups is 2. The lowest BCUT2D eigenvalue weighted by Gasteiger charge is -2.61. The largest absolute Gasteiger partial charge is 0.484 e. The summed E-state index contributed by atoms with van der Waals surface area (Å²) in [4.78, 5) is 26.9. The van der Waals surface area contributed by atoms with Crippen LogP contribution in [-0.2, 0) is 24.3 Å². The molecule has 1 aliphatic heterocycles. The maximum atomic E-state index is 13.5. The maximum Gasteiger partial charge on any atom is 0.484 e. The third-order valence-electron chi connectivity index (χ3n) is 11.1. The van der Waals surface area contributed by atoms with Gasteiger partial charge in [-0.3, -0.25) is 4.79 Å². The Balaban J connectivity index is 1.40. The molecule has 1 heterocycles. The van der Waals surface area contributed by atoms with Gasteiger partial charge in [0.25, 0.3) is 0 Å². The minimum absolute atomic E-state index is 0.106. The van der Waals surface area contributed by atoms with Crippen LogP contribution in [0.4, 0.5) is 0 Å². The van der Waals surface area contributed by atoms with E-state index in [2.05, 4.69) is 32.5 Å². The van der Waals surface area contributed by atoms with E-state index in [0.717, 1.165) is 25.5 Å². The number of fused-ring (bicyclic) bond motifs is 1. The summed E-state index contributed by atoms with van der Waals surface area (Å²) in [7, 11) is -5.34. The van der Waals surface area contributed by atoms with Crippen LogP contribution in [0.1, 0.15) is 65.4 Å². The molecule has 4 aliphatic rings. The molecular weight excluding hydrogens is 559 g/mol. The molecule has 0 spiro atoms. The third kappa shape index (κ3) is 4.70. The summed E-state index contributed by atoms with van der Waals surface area (Å²) in [6.45, 7) is 11.8. The second-order valence-electron chi connectivity index (χ2n) is 13.3. The van der Waals surface area contributed by atoms with Crippen molar-refractivity contribution in [1.82, 2.24) is 4.33 Å². The summed E-state index contributed by atoms with van der Waals surface area (Å²) in [6.07, 6.45) is 5.84. The van der Waals surface area contributed by atoms with Crippen LogP contribution in [0.25, 0.3) is 0 Å². The molecule has 228 valence electrons. The number of sulfonamides is 1. The van der Waals surface area contributed by atoms with E-state index in [-0.39, 0.29) is 40.2 Å². The van der Waals surface area contributed by atoms with Gasteiger partial charge in [0.15, 0.2) is 6.61 Å². The van der Waals surface area contributed by atoms with Gasteiger partial charge < -0.3 is 19.6 Å². The summed E-state index contributed by atoms with van der Waals surface area (Å²) < 4.78 is 36.5. The van der Waals surface area contributed by atoms with Crippen LogP contribution < -0.4 is 10.2 Å². The minimum atomic E-state index is -3.80. The SMILES string of the molecule is C=C[C@]1(C)C[C@@H](OC(=O)COc2ccc3c(c2)B(O)N(S(C)(=O)=O)N=C3)[C@@]2(C)[C@@H]3C(=O)CC[C@@]3(CC[C@@H]2C)[C@@H](C)[C@@H]1O. The molecule has 2 bridgehead atoms. The smallest absolute Gasteiger partial charge is 0.482 e. The lowest BCUT2D eigenvalue weighted by molar-refractivity contribution is -0.207. The number of ether oxygens (including phenoxy) is 2. The van der Waals surface area contributed by atoms with E-state index in [9.17, 15) is 28.1 Å². The standard InChI is InChI=1S/C30H41BN2O8S/c1-7-28(4)15-24(29(5)18(2)10-12-30(19(3)27(28)36)13-11-23(34)26(29)30)41-25(35)17-40-21-9-8-20-16-32-33(42(6,38)39)31(37)22(20)14-21/h7-9,14,16,18-19,24,26-27,36-37H,1,10-13,15,17H2,2-6H3/t18-,19-,24+,26-,27-,28+,29-,30-/m0/s1. The summed E-state index contributed by atoms with van der Waals surface area (Å²) in [5.41, 5.74) is -0.950. The van der Waals surface area contributed by atoms with Crippen molar-refractivity contribution in [2.45, 2.75) is 72.0 Å². The topological polar surface area (TPSA) is 143 Å². The number of Topliss-reactive ketones (excluding diaryl/α,β-unsaturated/α-hetero) is 1. The van der Waals surface area contributed by atoms with Crippen LogP contribution in [0.15, 0.2) is 36.0 Å². The molecule has 42 heavy (non-hydrogen) atoms. The number of hydrazone groups is 1. The maximum absolute atomic E-state index is 13.5. The fourth-order valence-corrected chi connectivity index (χ4v) is 9.08. The van der Waals surface area contributed by atoms with Gasteiger partial charge in [-0.15, -0.1) is 6.58 Å². The molecule has 1 aromatic carbocycles. The number of esters is 1. The van der Waals surface area contributed by atoms with Gasteiger partial charge in [-0.1, -0.05) is 39.8 Å². The highest BCUT2D eigenvalue weighted by molar-refractivity contribution is 7.89. The average Bonchev–Trinajstić information content (AvgIpc) is 3.30. The summed E-state index contributed by atoms with van der Waals surface area (Å²) >= 11 is 0. The Kier molecular flexibility index (Phi) is 7.68. The molecule has 3 aliphatic carbocycles. The predicted octanol–water partition coefficient (Wildman–Crippen LogP) is 2.27. The highest BCUT2D eigenvalue weighted by atomic mass is 32.2. The van der Waals surface area contributed by atoms with Crippen molar-refractivity contribution in [2.75, 3.05) is 12.9 Å². The predicted molar refractivity (Wildman–Crippen MR) is 158 cm³/mol. The highest BCUT2D eigenvalue weighted by Gasteiger charge is 2.68. The van der Waals surface area contributed by atoms with Crippen molar-refractivity contribution in [3.63, 3.8) is 0 Å². The number of hydrogen-bond donors (Lipinski definition) is 2. The molecule has 0 saturated heterocycles. The van der Waals surface area contributed by atoms with Gasteiger partial charge in [0.05, 0.1) is 18.6 Å². The van der Waals surface area contributed by atoms with Crippen LogP contribution >= 0.6 is 0 Å². The number of benzene rings is 1. The number of aliphatic hydroxyl groups excluding tert-OH is 1. The van der Waals surface area contributed by atoms with E-state index < -0.39 is 52.7 Å². The van der Waals surface area contributed by atoms with E-state index in [1.165, 1.54) is 12.3 Å². The first-order chi connectivity index (χ1) is 19.6. The molecule has 8 atom stereocenters. The molecule has 3 saturated carbocycles. The van der Waals surface area contributed by atoms with Crippen LogP contribution in [0.5, 0.6) is 5.75 Å². The van der Waals surface area contributed by atoms with Crippen LogP contribution in [0.3, 0.4) is 0 Å². The lowest BCUT2D eigenvalue weighted by atomic mass is 9.44. The molecule has 0 aromatic heterocycles. The van der Waals surface area contributed by atoms with E-state index in [0.29, 0.717) is 22.7 Å². The molecular formula is C30H41BN2O8S. The number of ketones is 1. The number of rotatable bonds is 6. The van der Waals surface area contributed by atoms with Crippen molar-refractivity contribution >= 4 is 40.5 Å². The first-order valence-electron chi connectivity index (χ1n) is 14.6. The molecule has 2 N–H and O–H groups in total. The highest BCUT2D eigenvalue weighted by Crippen LogP contribution is 2.68. The fourth-order valence-electron chi connectivity index (χ4n) is 8.39. The third-order valence-corrected chi connectivity index (χ3v) is 12.1. The Morgan fingerprint density at radius 2 is 2.00 bits per heavy atom. The van der Waals surface area contributed by atoms with Gasteiger partial charge in [0.2, 0.25) is 10.0 Å². The van der Waals surface area contributed by atoms with Crippen LogP contribution in [0, 0.1) is 34.0 Å². The number of nitrogens with zero attached hydrogens (tertiary/aromatic N) is 2. The van der Waals surface area contributed by atoms with E-state index in [4.69, 9.17) is 9.47 Å². The van der Waals surface area contributed by atoms with Crippen molar-refractivity contribution < 1.29 is 37.6 Å². The van der Waals surface area contributed by atoms with Crippen LogP contribution in [0.2, 0.25) is 0 Å². The Hall–Kier alpha value is -2.70. The zero-order chi connectivity index (χ0) is 30.8. The summed E-state index contributed by atoms with van der Waals surface area (Å²) in [6, 6.07) is 4.68.